The van der Waals surface area contributed by atoms with Crippen LogP contribution in [0.3, 0.4) is 0 Å². The summed E-state index contributed by atoms with van der Waals surface area (Å²) < 4.78 is 0. The van der Waals surface area contributed by atoms with Gasteiger partial charge in [0.2, 0.25) is 0 Å². The van der Waals surface area contributed by atoms with Crippen LogP contribution < -0.4 is 0 Å². The highest BCUT2D eigenvalue weighted by atomic mass is 15.0. The molecule has 3 nitrogen and oxygen atoms in total. The van der Waals surface area contributed by atoms with Gasteiger partial charge in [-0.1, -0.05) is 167 Å². The molecule has 1 heterocycles. The lowest BCUT2D eigenvalue weighted by atomic mass is 9.55. The Balaban J connectivity index is 1.25. The Kier molecular flexibility index (Phi) is 7.14. The molecule has 0 saturated carbocycles. The third-order valence-corrected chi connectivity index (χ3v) is 10.5. The number of hydrogen-bond donors (Lipinski definition) is 0. The number of aromatic nitrogens is 3. The van der Waals surface area contributed by atoms with Gasteiger partial charge in [0, 0.05) is 16.7 Å². The lowest BCUT2D eigenvalue weighted by Crippen LogP contribution is -2.43. The first-order valence-electron chi connectivity index (χ1n) is 16.6. The summed E-state index contributed by atoms with van der Waals surface area (Å²) in [6.45, 7) is 9.52. The van der Waals surface area contributed by atoms with Gasteiger partial charge in [-0.3, -0.25) is 0 Å². The molecule has 0 fully saturated rings. The molecule has 7 aromatic rings. The normalized spacial score (nSPS) is 14.2. The summed E-state index contributed by atoms with van der Waals surface area (Å²) in [5.41, 5.74) is 13.0. The van der Waals surface area contributed by atoms with E-state index in [1.54, 1.807) is 0 Å². The van der Waals surface area contributed by atoms with Crippen molar-refractivity contribution in [2.24, 2.45) is 0 Å². The standard InChI is InChI=1S/C45H37N3/c1-44(2)39-25-14-13-24-37(39)38-29-33(26-27-40(38)45(44,3)4)36-23-12-11-22-35(36)32-20-15-21-34(28-32)43-47-41(30-16-7-5-8-17-30)46-42(48-43)31-18-9-6-10-19-31/h5-29H,1-4H3. The molecule has 48 heavy (non-hydrogen) atoms. The average Bonchev–Trinajstić information content (AvgIpc) is 3.14. The number of hydrogen-bond acceptors (Lipinski definition) is 3. The van der Waals surface area contributed by atoms with Gasteiger partial charge in [-0.15, -0.1) is 0 Å². The van der Waals surface area contributed by atoms with Crippen LogP contribution in [0.15, 0.2) is 152 Å². The van der Waals surface area contributed by atoms with Crippen LogP contribution in [-0.4, -0.2) is 15.0 Å². The van der Waals surface area contributed by atoms with Crippen molar-refractivity contribution in [3.8, 4) is 67.5 Å². The summed E-state index contributed by atoms with van der Waals surface area (Å²) in [6, 6.07) is 53.5. The van der Waals surface area contributed by atoms with Gasteiger partial charge in [0.1, 0.15) is 0 Å². The van der Waals surface area contributed by atoms with Crippen LogP contribution in [0.25, 0.3) is 67.5 Å². The Morgan fingerprint density at radius 2 is 0.729 bits per heavy atom. The SMILES string of the molecule is CC1(C)c2ccccc2-c2cc(-c3ccccc3-c3cccc(-c4nc(-c5ccccc5)nc(-c5ccccc5)n4)c3)ccc2C1(C)C. The molecule has 0 bridgehead atoms. The van der Waals surface area contributed by atoms with E-state index in [0.29, 0.717) is 17.5 Å². The van der Waals surface area contributed by atoms with Crippen molar-refractivity contribution in [2.75, 3.05) is 0 Å². The summed E-state index contributed by atoms with van der Waals surface area (Å²) >= 11 is 0. The van der Waals surface area contributed by atoms with Crippen LogP contribution in [-0.2, 0) is 10.8 Å². The van der Waals surface area contributed by atoms with Crippen molar-refractivity contribution in [1.29, 1.82) is 0 Å². The van der Waals surface area contributed by atoms with E-state index in [9.17, 15) is 0 Å². The van der Waals surface area contributed by atoms with Crippen molar-refractivity contribution >= 4 is 0 Å². The third kappa shape index (κ3) is 4.94. The zero-order chi connectivity index (χ0) is 32.9. The number of benzene rings is 6. The van der Waals surface area contributed by atoms with Crippen molar-refractivity contribution in [3.05, 3.63) is 163 Å². The van der Waals surface area contributed by atoms with Gasteiger partial charge >= 0.3 is 0 Å². The molecule has 0 atom stereocenters. The molecular formula is C45H37N3. The fourth-order valence-corrected chi connectivity index (χ4v) is 7.17. The molecular weight excluding hydrogens is 583 g/mol. The van der Waals surface area contributed by atoms with E-state index < -0.39 is 0 Å². The first-order valence-corrected chi connectivity index (χ1v) is 16.6. The maximum atomic E-state index is 4.99. The Morgan fingerprint density at radius 1 is 0.312 bits per heavy atom. The van der Waals surface area contributed by atoms with E-state index in [0.717, 1.165) is 22.3 Å². The highest BCUT2D eigenvalue weighted by Gasteiger charge is 2.45. The molecule has 0 aliphatic heterocycles. The molecule has 1 aliphatic carbocycles. The minimum Gasteiger partial charge on any atom is -0.208 e. The largest absolute Gasteiger partial charge is 0.208 e. The molecule has 0 radical (unpaired) electrons. The van der Waals surface area contributed by atoms with E-state index in [1.165, 1.54) is 38.9 Å². The van der Waals surface area contributed by atoms with Crippen LogP contribution in [0.4, 0.5) is 0 Å². The Labute approximate surface area is 283 Å². The maximum absolute atomic E-state index is 4.99. The van der Waals surface area contributed by atoms with Crippen LogP contribution in [0, 0.1) is 0 Å². The van der Waals surface area contributed by atoms with Crippen LogP contribution >= 0.6 is 0 Å². The van der Waals surface area contributed by atoms with Gasteiger partial charge in [-0.05, 0) is 67.5 Å². The average molecular weight is 620 g/mol. The second kappa shape index (κ2) is 11.5. The van der Waals surface area contributed by atoms with E-state index in [4.69, 9.17) is 15.0 Å². The molecule has 3 heteroatoms. The first kappa shape index (κ1) is 29.7. The van der Waals surface area contributed by atoms with E-state index in [-0.39, 0.29) is 10.8 Å². The highest BCUT2D eigenvalue weighted by molar-refractivity contribution is 5.88. The Hall–Kier alpha value is -5.67. The second-order valence-corrected chi connectivity index (χ2v) is 13.7. The van der Waals surface area contributed by atoms with Crippen LogP contribution in [0.1, 0.15) is 38.8 Å². The van der Waals surface area contributed by atoms with E-state index in [1.807, 2.05) is 60.7 Å². The zero-order valence-electron chi connectivity index (χ0n) is 27.8. The topological polar surface area (TPSA) is 38.7 Å². The highest BCUT2D eigenvalue weighted by Crippen LogP contribution is 2.54. The predicted molar refractivity (Wildman–Crippen MR) is 198 cm³/mol. The predicted octanol–water partition coefficient (Wildman–Crippen LogP) is 11.4. The van der Waals surface area contributed by atoms with Gasteiger partial charge in [0.05, 0.1) is 0 Å². The fraction of sp³-hybridized carbons (Fsp3) is 0.133. The smallest absolute Gasteiger partial charge is 0.164 e. The summed E-state index contributed by atoms with van der Waals surface area (Å²) in [6.07, 6.45) is 0. The molecule has 1 aliphatic rings. The molecule has 0 amide bonds. The number of rotatable bonds is 5. The van der Waals surface area contributed by atoms with E-state index >= 15 is 0 Å². The van der Waals surface area contributed by atoms with Crippen molar-refractivity contribution in [1.82, 2.24) is 15.0 Å². The van der Waals surface area contributed by atoms with Crippen molar-refractivity contribution < 1.29 is 0 Å². The van der Waals surface area contributed by atoms with Crippen molar-refractivity contribution in [2.45, 2.75) is 38.5 Å². The number of fused-ring (bicyclic) bond motifs is 3. The maximum Gasteiger partial charge on any atom is 0.164 e. The van der Waals surface area contributed by atoms with E-state index in [2.05, 4.69) is 119 Å². The lowest BCUT2D eigenvalue weighted by molar-refractivity contribution is 0.299. The third-order valence-electron chi connectivity index (χ3n) is 10.5. The quantitative estimate of drug-likeness (QED) is 0.192. The minimum absolute atomic E-state index is 0.00619. The summed E-state index contributed by atoms with van der Waals surface area (Å²) in [5.74, 6) is 1.97. The van der Waals surface area contributed by atoms with Crippen molar-refractivity contribution in [3.63, 3.8) is 0 Å². The lowest BCUT2D eigenvalue weighted by Gasteiger charge is -2.48. The molecule has 8 rings (SSSR count). The molecule has 1 aromatic heterocycles. The van der Waals surface area contributed by atoms with Gasteiger partial charge in [-0.25, -0.2) is 15.0 Å². The molecule has 0 spiro atoms. The molecule has 6 aromatic carbocycles. The van der Waals surface area contributed by atoms with Gasteiger partial charge in [0.15, 0.2) is 17.5 Å². The molecule has 0 saturated heterocycles. The monoisotopic (exact) mass is 619 g/mol. The Morgan fingerprint density at radius 3 is 1.31 bits per heavy atom. The molecule has 0 N–H and O–H groups in total. The second-order valence-electron chi connectivity index (χ2n) is 13.7. The summed E-state index contributed by atoms with van der Waals surface area (Å²) in [5, 5.41) is 0. The van der Waals surface area contributed by atoms with Gasteiger partial charge in [0.25, 0.3) is 0 Å². The molecule has 232 valence electrons. The Bertz CT molecular complexity index is 2230. The van der Waals surface area contributed by atoms with Crippen LogP contribution in [0.2, 0.25) is 0 Å². The van der Waals surface area contributed by atoms with Gasteiger partial charge < -0.3 is 0 Å². The summed E-state index contributed by atoms with van der Waals surface area (Å²) in [7, 11) is 0. The van der Waals surface area contributed by atoms with Crippen LogP contribution in [0.5, 0.6) is 0 Å². The number of nitrogens with zero attached hydrogens (tertiary/aromatic N) is 3. The minimum atomic E-state index is -0.0230. The summed E-state index contributed by atoms with van der Waals surface area (Å²) in [4.78, 5) is 14.9. The molecule has 0 unspecified atom stereocenters. The first-order chi connectivity index (χ1) is 23.3. The zero-order valence-corrected chi connectivity index (χ0v) is 27.8. The van der Waals surface area contributed by atoms with Gasteiger partial charge in [-0.2, -0.15) is 0 Å². The fourth-order valence-electron chi connectivity index (χ4n) is 7.17.